The summed E-state index contributed by atoms with van der Waals surface area (Å²) in [5.41, 5.74) is 0. The third-order valence-corrected chi connectivity index (χ3v) is 1.94. The van der Waals surface area contributed by atoms with Crippen molar-refractivity contribution in [1.82, 2.24) is 0 Å². The molecule has 12 heavy (non-hydrogen) atoms. The molecule has 0 radical (unpaired) electrons. The Hall–Kier alpha value is -1.04. The van der Waals surface area contributed by atoms with Crippen molar-refractivity contribution in [3.8, 4) is 0 Å². The molecule has 0 amide bonds. The lowest BCUT2D eigenvalue weighted by Gasteiger charge is -1.87. The smallest absolute Gasteiger partial charge is 0.0296 e. The molecule has 0 spiro atoms. The monoisotopic (exact) mass is 160 g/mol. The van der Waals surface area contributed by atoms with Crippen LogP contribution in [0.2, 0.25) is 0 Å². The zero-order valence-electron chi connectivity index (χ0n) is 7.88. The molecule has 0 N–H and O–H groups in total. The molecule has 0 aliphatic carbocycles. The second-order valence-corrected chi connectivity index (χ2v) is 2.95. The van der Waals surface area contributed by atoms with Crippen LogP contribution >= 0.6 is 0 Å². The number of hydrogen-bond acceptors (Lipinski definition) is 0. The van der Waals surface area contributed by atoms with Gasteiger partial charge >= 0.3 is 0 Å². The Morgan fingerprint density at radius 2 is 1.67 bits per heavy atom. The van der Waals surface area contributed by atoms with E-state index in [0.29, 0.717) is 0 Å². The topological polar surface area (TPSA) is 0 Å². The van der Waals surface area contributed by atoms with Crippen molar-refractivity contribution in [2.24, 2.45) is 0 Å². The van der Waals surface area contributed by atoms with Gasteiger partial charge in [0.1, 0.15) is 0 Å². The zero-order chi connectivity index (χ0) is 8.81. The molecular formula is C12H16. The maximum Gasteiger partial charge on any atom is -0.0296 e. The summed E-state index contributed by atoms with van der Waals surface area (Å²) < 4.78 is 0. The summed E-state index contributed by atoms with van der Waals surface area (Å²) in [5, 5.41) is 2.63. The van der Waals surface area contributed by atoms with E-state index in [1.165, 1.54) is 23.3 Å². The fourth-order valence-corrected chi connectivity index (χ4v) is 1.14. The summed E-state index contributed by atoms with van der Waals surface area (Å²) in [4.78, 5) is 0. The molecule has 1 aromatic rings. The van der Waals surface area contributed by atoms with Crippen molar-refractivity contribution < 1.29 is 0 Å². The van der Waals surface area contributed by atoms with E-state index in [1.807, 2.05) is 0 Å². The third-order valence-electron chi connectivity index (χ3n) is 1.94. The second-order valence-electron chi connectivity index (χ2n) is 2.95. The van der Waals surface area contributed by atoms with Crippen LogP contribution in [0.3, 0.4) is 0 Å². The predicted octanol–water partition coefficient (Wildman–Crippen LogP) is 2.07. The van der Waals surface area contributed by atoms with Gasteiger partial charge in [-0.2, -0.15) is 0 Å². The van der Waals surface area contributed by atoms with Crippen molar-refractivity contribution in [1.29, 1.82) is 0 Å². The van der Waals surface area contributed by atoms with E-state index in [0.717, 1.165) is 0 Å². The molecule has 0 unspecified atom stereocenters. The number of unbranched alkanes of at least 4 members (excludes halogenated alkanes) is 1. The average Bonchev–Trinajstić information content (AvgIpc) is 2.15. The Labute approximate surface area is 74.2 Å². The first-order valence-corrected chi connectivity index (χ1v) is 4.59. The summed E-state index contributed by atoms with van der Waals surface area (Å²) in [6.45, 7) is 4.26. The van der Waals surface area contributed by atoms with Crippen LogP contribution in [0.5, 0.6) is 0 Å². The van der Waals surface area contributed by atoms with Crippen LogP contribution in [0, 0.1) is 0 Å². The molecule has 0 saturated heterocycles. The fourth-order valence-electron chi connectivity index (χ4n) is 1.14. The standard InChI is InChI=1S/C12H16/c1-3-5-6-12-9-7-11(4-2)8-10-12/h4,6-10H,3,5H2,1-2H3. The number of rotatable bonds is 2. The van der Waals surface area contributed by atoms with Crippen molar-refractivity contribution in [3.05, 3.63) is 34.7 Å². The molecule has 0 bridgehead atoms. The normalized spacial score (nSPS) is 9.50. The van der Waals surface area contributed by atoms with Gasteiger partial charge in [0.2, 0.25) is 0 Å². The largest absolute Gasteiger partial charge is 0.0804 e. The predicted molar refractivity (Wildman–Crippen MR) is 55.2 cm³/mol. The minimum Gasteiger partial charge on any atom is -0.0804 e. The molecule has 0 aliphatic rings. The first kappa shape index (κ1) is 9.05. The highest BCUT2D eigenvalue weighted by molar-refractivity contribution is 5.27. The Kier molecular flexibility index (Phi) is 3.59. The molecular weight excluding hydrogens is 144 g/mol. The van der Waals surface area contributed by atoms with E-state index < -0.39 is 0 Å². The van der Waals surface area contributed by atoms with E-state index in [2.05, 4.69) is 50.3 Å². The molecule has 64 valence electrons. The number of hydrogen-bond donors (Lipinski definition) is 0. The minimum absolute atomic E-state index is 1.18. The molecule has 0 nitrogen and oxygen atoms in total. The molecule has 0 heteroatoms. The highest BCUT2D eigenvalue weighted by Gasteiger charge is 1.78. The van der Waals surface area contributed by atoms with Crippen molar-refractivity contribution in [2.45, 2.75) is 26.7 Å². The lowest BCUT2D eigenvalue weighted by atomic mass is 10.2. The van der Waals surface area contributed by atoms with Gasteiger partial charge in [0, 0.05) is 0 Å². The van der Waals surface area contributed by atoms with Crippen molar-refractivity contribution in [2.75, 3.05) is 0 Å². The Morgan fingerprint density at radius 1 is 1.08 bits per heavy atom. The summed E-state index contributed by atoms with van der Waals surface area (Å²) in [7, 11) is 0. The van der Waals surface area contributed by atoms with Gasteiger partial charge < -0.3 is 0 Å². The van der Waals surface area contributed by atoms with Crippen LogP contribution in [0.25, 0.3) is 12.2 Å². The van der Waals surface area contributed by atoms with E-state index >= 15 is 0 Å². The summed E-state index contributed by atoms with van der Waals surface area (Å²) in [5.74, 6) is 0. The molecule has 1 aromatic carbocycles. The van der Waals surface area contributed by atoms with Crippen LogP contribution < -0.4 is 10.4 Å². The summed E-state index contributed by atoms with van der Waals surface area (Å²) in [6.07, 6.45) is 6.79. The molecule has 0 fully saturated rings. The maximum atomic E-state index is 2.28. The SMILES string of the molecule is CC=c1ccc(=CCCC)cc1. The van der Waals surface area contributed by atoms with Gasteiger partial charge in [-0.25, -0.2) is 0 Å². The maximum absolute atomic E-state index is 2.28. The highest BCUT2D eigenvalue weighted by atomic mass is 13.8. The van der Waals surface area contributed by atoms with Gasteiger partial charge in [-0.15, -0.1) is 0 Å². The Morgan fingerprint density at radius 3 is 2.17 bits per heavy atom. The Balaban J connectivity index is 2.92. The van der Waals surface area contributed by atoms with Crippen LogP contribution in [0.15, 0.2) is 24.3 Å². The van der Waals surface area contributed by atoms with Crippen molar-refractivity contribution >= 4 is 12.2 Å². The first-order valence-electron chi connectivity index (χ1n) is 4.59. The van der Waals surface area contributed by atoms with Gasteiger partial charge in [0.25, 0.3) is 0 Å². The average molecular weight is 160 g/mol. The second kappa shape index (κ2) is 4.76. The quantitative estimate of drug-likeness (QED) is 0.621. The Bertz CT molecular complexity index is 310. The lowest BCUT2D eigenvalue weighted by molar-refractivity contribution is 0.992. The van der Waals surface area contributed by atoms with Crippen LogP contribution in [0.4, 0.5) is 0 Å². The zero-order valence-corrected chi connectivity index (χ0v) is 7.88. The molecule has 1 rings (SSSR count). The first-order chi connectivity index (χ1) is 5.86. The third kappa shape index (κ3) is 2.54. The van der Waals surface area contributed by atoms with E-state index in [4.69, 9.17) is 0 Å². The molecule has 0 saturated carbocycles. The number of benzene rings is 1. The van der Waals surface area contributed by atoms with Gasteiger partial charge in [0.15, 0.2) is 0 Å². The summed E-state index contributed by atoms with van der Waals surface area (Å²) in [6, 6.07) is 8.65. The molecule has 0 aliphatic heterocycles. The molecule has 0 heterocycles. The fraction of sp³-hybridized carbons (Fsp3) is 0.333. The minimum atomic E-state index is 1.18. The highest BCUT2D eigenvalue weighted by Crippen LogP contribution is 1.85. The van der Waals surface area contributed by atoms with Gasteiger partial charge in [-0.05, 0) is 23.8 Å². The van der Waals surface area contributed by atoms with Gasteiger partial charge in [-0.1, -0.05) is 49.8 Å². The molecule has 0 atom stereocenters. The van der Waals surface area contributed by atoms with Crippen LogP contribution in [0.1, 0.15) is 26.7 Å². The van der Waals surface area contributed by atoms with Gasteiger partial charge in [-0.3, -0.25) is 0 Å². The molecule has 0 aromatic heterocycles. The van der Waals surface area contributed by atoms with Crippen LogP contribution in [-0.4, -0.2) is 0 Å². The van der Waals surface area contributed by atoms with Gasteiger partial charge in [0.05, 0.1) is 0 Å². The van der Waals surface area contributed by atoms with Crippen molar-refractivity contribution in [3.63, 3.8) is 0 Å². The van der Waals surface area contributed by atoms with E-state index in [9.17, 15) is 0 Å². The van der Waals surface area contributed by atoms with E-state index in [1.54, 1.807) is 0 Å². The van der Waals surface area contributed by atoms with E-state index in [-0.39, 0.29) is 0 Å². The van der Waals surface area contributed by atoms with Crippen LogP contribution in [-0.2, 0) is 0 Å². The lowest BCUT2D eigenvalue weighted by Crippen LogP contribution is -2.05. The summed E-state index contributed by atoms with van der Waals surface area (Å²) >= 11 is 0.